The maximum atomic E-state index is 13.8. The first-order valence-corrected chi connectivity index (χ1v) is 13.0. The minimum atomic E-state index is -3.88. The summed E-state index contributed by atoms with van der Waals surface area (Å²) in [6.45, 7) is 0. The number of anilines is 1. The number of hydrogen-bond donors (Lipinski definition) is 0. The molecule has 0 spiro atoms. The average molecular weight is 508 g/mol. The summed E-state index contributed by atoms with van der Waals surface area (Å²) in [6.07, 6.45) is 3.30. The molecule has 2 heterocycles. The van der Waals surface area contributed by atoms with Gasteiger partial charge in [-0.25, -0.2) is 12.7 Å². The molecular formula is C30H21NO5S. The number of methoxy groups -OCH3 is 1. The third-order valence-electron chi connectivity index (χ3n) is 6.41. The van der Waals surface area contributed by atoms with Crippen molar-refractivity contribution in [1.29, 1.82) is 0 Å². The highest BCUT2D eigenvalue weighted by molar-refractivity contribution is 7.93. The zero-order valence-corrected chi connectivity index (χ0v) is 20.6. The van der Waals surface area contributed by atoms with Crippen molar-refractivity contribution < 1.29 is 17.6 Å². The van der Waals surface area contributed by atoms with E-state index in [1.165, 1.54) is 10.6 Å². The Morgan fingerprint density at radius 3 is 2.30 bits per heavy atom. The van der Waals surface area contributed by atoms with E-state index in [2.05, 4.69) is 0 Å². The first kappa shape index (κ1) is 22.8. The summed E-state index contributed by atoms with van der Waals surface area (Å²) in [7, 11) is -2.33. The van der Waals surface area contributed by atoms with Crippen molar-refractivity contribution in [1.82, 2.24) is 0 Å². The Morgan fingerprint density at radius 2 is 1.54 bits per heavy atom. The lowest BCUT2D eigenvalue weighted by Gasteiger charge is -2.31. The second kappa shape index (κ2) is 8.80. The summed E-state index contributed by atoms with van der Waals surface area (Å²) >= 11 is 0. The van der Waals surface area contributed by atoms with Crippen molar-refractivity contribution in [3.05, 3.63) is 125 Å². The van der Waals surface area contributed by atoms with E-state index in [4.69, 9.17) is 9.15 Å². The van der Waals surface area contributed by atoms with E-state index < -0.39 is 10.0 Å². The summed E-state index contributed by atoms with van der Waals surface area (Å²) < 4.78 is 39.9. The molecule has 0 aliphatic carbocycles. The van der Waals surface area contributed by atoms with Gasteiger partial charge in [0.1, 0.15) is 17.6 Å². The van der Waals surface area contributed by atoms with Gasteiger partial charge in [0.05, 0.1) is 34.3 Å². The predicted molar refractivity (Wildman–Crippen MR) is 145 cm³/mol. The Kier molecular flexibility index (Phi) is 5.43. The van der Waals surface area contributed by atoms with Crippen molar-refractivity contribution in [3.8, 4) is 16.9 Å². The maximum Gasteiger partial charge on any atom is 0.269 e. The van der Waals surface area contributed by atoms with Crippen molar-refractivity contribution in [3.63, 3.8) is 0 Å². The fourth-order valence-corrected chi connectivity index (χ4v) is 6.26. The maximum absolute atomic E-state index is 13.8. The van der Waals surface area contributed by atoms with Gasteiger partial charge in [0.25, 0.3) is 10.0 Å². The fraction of sp³-hybridized carbons (Fsp3) is 0.0333. The largest absolute Gasteiger partial charge is 0.497 e. The van der Waals surface area contributed by atoms with Gasteiger partial charge in [0.2, 0.25) is 0 Å². The lowest BCUT2D eigenvalue weighted by Crippen LogP contribution is -2.32. The molecule has 0 fully saturated rings. The highest BCUT2D eigenvalue weighted by atomic mass is 32.2. The Morgan fingerprint density at radius 1 is 0.811 bits per heavy atom. The van der Waals surface area contributed by atoms with Crippen LogP contribution in [0.25, 0.3) is 33.9 Å². The molecule has 5 aromatic rings. The van der Waals surface area contributed by atoms with Gasteiger partial charge < -0.3 is 9.15 Å². The van der Waals surface area contributed by atoms with Gasteiger partial charge in [0.15, 0.2) is 5.43 Å². The third-order valence-corrected chi connectivity index (χ3v) is 8.23. The number of nitrogens with zero attached hydrogens (tertiary/aromatic N) is 1. The Labute approximate surface area is 213 Å². The number of sulfonamides is 1. The predicted octanol–water partition coefficient (Wildman–Crippen LogP) is 6.18. The minimum absolute atomic E-state index is 0.180. The molecule has 6 nitrogen and oxygen atoms in total. The Balaban J connectivity index is 1.46. The lowest BCUT2D eigenvalue weighted by molar-refractivity contribution is 0.414. The second-order valence-corrected chi connectivity index (χ2v) is 10.3. The van der Waals surface area contributed by atoms with Crippen LogP contribution in [-0.2, 0) is 10.0 Å². The molecule has 0 saturated heterocycles. The van der Waals surface area contributed by atoms with E-state index in [0.717, 1.165) is 5.56 Å². The van der Waals surface area contributed by atoms with Crippen LogP contribution in [0.2, 0.25) is 0 Å². The number of benzene rings is 4. The molecule has 0 amide bonds. The first-order valence-electron chi connectivity index (χ1n) is 11.6. The van der Waals surface area contributed by atoms with Gasteiger partial charge in [-0.15, -0.1) is 0 Å². The van der Waals surface area contributed by atoms with Gasteiger partial charge in [-0.2, -0.15) is 0 Å². The quantitative estimate of drug-likeness (QED) is 0.291. The smallest absolute Gasteiger partial charge is 0.269 e. The highest BCUT2D eigenvalue weighted by Gasteiger charge is 2.34. The van der Waals surface area contributed by atoms with E-state index in [-0.39, 0.29) is 10.3 Å². The molecule has 1 aliphatic heterocycles. The van der Waals surface area contributed by atoms with Crippen molar-refractivity contribution in [2.24, 2.45) is 0 Å². The number of rotatable bonds is 4. The molecule has 37 heavy (non-hydrogen) atoms. The van der Waals surface area contributed by atoms with E-state index in [0.29, 0.717) is 44.8 Å². The van der Waals surface area contributed by atoms with Crippen LogP contribution in [0.5, 0.6) is 5.75 Å². The van der Waals surface area contributed by atoms with Gasteiger partial charge in [-0.3, -0.25) is 4.79 Å². The molecule has 0 unspecified atom stereocenters. The SMILES string of the molecule is COc1ccc2c(=O)c(-c3ccc(N4C(c5ccccc5)=Cc5ccccc5S4(=O)=O)cc3)coc2c1. The molecule has 0 bridgehead atoms. The lowest BCUT2D eigenvalue weighted by atomic mass is 10.0. The van der Waals surface area contributed by atoms with E-state index in [1.54, 1.807) is 67.8 Å². The number of fused-ring (bicyclic) bond motifs is 2. The standard InChI is InChI=1S/C30H21NO5S/c1-35-24-15-16-25-28(18-24)36-19-26(30(25)32)20-11-13-23(14-12-20)31-27(21-7-3-2-4-8-21)17-22-9-5-6-10-29(22)37(31,33)34/h2-19H,1H3. The molecule has 0 radical (unpaired) electrons. The Hall–Kier alpha value is -4.62. The molecule has 4 aromatic carbocycles. The van der Waals surface area contributed by atoms with Gasteiger partial charge in [0, 0.05) is 6.07 Å². The van der Waals surface area contributed by atoms with Gasteiger partial charge in [-0.05, 0) is 53.1 Å². The molecule has 182 valence electrons. The third kappa shape index (κ3) is 3.80. The number of hydrogen-bond acceptors (Lipinski definition) is 5. The molecule has 7 heteroatoms. The topological polar surface area (TPSA) is 76.8 Å². The van der Waals surface area contributed by atoms with E-state index in [1.807, 2.05) is 42.5 Å². The second-order valence-electron chi connectivity index (χ2n) is 8.59. The summed E-state index contributed by atoms with van der Waals surface area (Å²) in [5.74, 6) is 0.597. The summed E-state index contributed by atoms with van der Waals surface area (Å²) in [6, 6.07) is 28.3. The van der Waals surface area contributed by atoms with E-state index >= 15 is 0 Å². The van der Waals surface area contributed by atoms with Crippen LogP contribution in [0.4, 0.5) is 5.69 Å². The van der Waals surface area contributed by atoms with Gasteiger partial charge >= 0.3 is 0 Å². The van der Waals surface area contributed by atoms with Crippen molar-refractivity contribution in [2.45, 2.75) is 4.90 Å². The summed E-state index contributed by atoms with van der Waals surface area (Å²) in [5, 5.41) is 0.437. The van der Waals surface area contributed by atoms with Gasteiger partial charge in [-0.1, -0.05) is 60.7 Å². The average Bonchev–Trinajstić information content (AvgIpc) is 2.93. The summed E-state index contributed by atoms with van der Waals surface area (Å²) in [4.78, 5) is 13.4. The number of ether oxygens (including phenoxy) is 1. The molecule has 1 aromatic heterocycles. The minimum Gasteiger partial charge on any atom is -0.497 e. The van der Waals surface area contributed by atoms with Crippen molar-refractivity contribution in [2.75, 3.05) is 11.4 Å². The van der Waals surface area contributed by atoms with E-state index in [9.17, 15) is 13.2 Å². The molecule has 0 atom stereocenters. The first-order chi connectivity index (χ1) is 18.0. The summed E-state index contributed by atoms with van der Waals surface area (Å²) in [5.41, 5.74) is 3.68. The van der Waals surface area contributed by atoms with Crippen LogP contribution >= 0.6 is 0 Å². The monoisotopic (exact) mass is 507 g/mol. The molecule has 0 saturated carbocycles. The molecule has 0 N–H and O–H groups in total. The zero-order valence-electron chi connectivity index (χ0n) is 19.8. The Bertz CT molecular complexity index is 1840. The molecular weight excluding hydrogens is 486 g/mol. The van der Waals surface area contributed by atoms with Crippen molar-refractivity contribution >= 4 is 38.5 Å². The fourth-order valence-electron chi connectivity index (χ4n) is 4.57. The highest BCUT2D eigenvalue weighted by Crippen LogP contribution is 2.40. The van der Waals surface area contributed by atoms with Crippen LogP contribution in [-0.4, -0.2) is 15.5 Å². The van der Waals surface area contributed by atoms with Crippen LogP contribution < -0.4 is 14.5 Å². The zero-order chi connectivity index (χ0) is 25.6. The van der Waals surface area contributed by atoms with Crippen LogP contribution in [0.1, 0.15) is 11.1 Å². The van der Waals surface area contributed by atoms with Crippen LogP contribution in [0.3, 0.4) is 0 Å². The molecule has 6 rings (SSSR count). The van der Waals surface area contributed by atoms with Crippen LogP contribution in [0.15, 0.2) is 117 Å². The van der Waals surface area contributed by atoms with Crippen LogP contribution in [0, 0.1) is 0 Å². The molecule has 1 aliphatic rings. The normalized spacial score (nSPS) is 14.2.